The van der Waals surface area contributed by atoms with E-state index in [0.29, 0.717) is 19.3 Å². The average Bonchev–Trinajstić information content (AvgIpc) is 2.79. The van der Waals surface area contributed by atoms with Crippen LogP contribution in [-0.2, 0) is 11.3 Å². The molecule has 17 heavy (non-hydrogen) atoms. The molecule has 1 heterocycles. The number of ether oxygens (including phenoxy) is 1. The predicted octanol–water partition coefficient (Wildman–Crippen LogP) is 1.79. The number of nitrogens with one attached hydrogen (secondary N) is 1. The Kier molecular flexibility index (Phi) is 3.98. The topological polar surface area (TPSA) is 36.9 Å². The van der Waals surface area contributed by atoms with Crippen molar-refractivity contribution in [2.24, 2.45) is 5.10 Å². The van der Waals surface area contributed by atoms with E-state index in [1.165, 1.54) is 5.56 Å². The highest BCUT2D eigenvalue weighted by molar-refractivity contribution is 5.84. The Morgan fingerprint density at radius 2 is 2.06 bits per heavy atom. The molecule has 0 spiro atoms. The van der Waals surface area contributed by atoms with Crippen LogP contribution in [0.2, 0.25) is 0 Å². The summed E-state index contributed by atoms with van der Waals surface area (Å²) in [6.45, 7) is 6.27. The third kappa shape index (κ3) is 3.20. The molecule has 0 unspecified atom stereocenters. The molecule has 1 N–H and O–H groups in total. The second kappa shape index (κ2) is 5.68. The highest BCUT2D eigenvalue weighted by atomic mass is 16.5. The van der Waals surface area contributed by atoms with Gasteiger partial charge in [0.05, 0.1) is 6.61 Å². The molecule has 0 aliphatic carbocycles. The summed E-state index contributed by atoms with van der Waals surface area (Å²) in [6.07, 6.45) is 0. The van der Waals surface area contributed by atoms with Gasteiger partial charge >= 0.3 is 0 Å². The van der Waals surface area contributed by atoms with Crippen LogP contribution >= 0.6 is 0 Å². The van der Waals surface area contributed by atoms with Crippen LogP contribution < -0.4 is 5.43 Å². The lowest BCUT2D eigenvalue weighted by Crippen LogP contribution is -2.37. The number of hydrogen-bond donors (Lipinski definition) is 1. The summed E-state index contributed by atoms with van der Waals surface area (Å²) in [5.74, 6) is 0.982. The van der Waals surface area contributed by atoms with Crippen molar-refractivity contribution in [2.45, 2.75) is 26.5 Å². The lowest BCUT2D eigenvalue weighted by molar-refractivity contribution is 0.149. The molecule has 0 amide bonds. The number of hydrogen-bond acceptors (Lipinski definition) is 4. The maximum Gasteiger partial charge on any atom is 0.152 e. The zero-order valence-corrected chi connectivity index (χ0v) is 10.4. The summed E-state index contributed by atoms with van der Waals surface area (Å²) in [5.41, 5.74) is 4.18. The molecular weight excluding hydrogens is 214 g/mol. The standard InChI is InChI=1S/C13H19N3O/c1-11(2)16-10-14-15-13(16)9-17-8-12-6-4-3-5-7-12/h3-7,11,14H,8-10H2,1-2H3. The van der Waals surface area contributed by atoms with E-state index in [1.807, 2.05) is 18.2 Å². The SMILES string of the molecule is CC(C)N1CNN=C1COCc1ccccc1. The van der Waals surface area contributed by atoms with Crippen LogP contribution in [0.3, 0.4) is 0 Å². The molecule has 1 aliphatic heterocycles. The van der Waals surface area contributed by atoms with Gasteiger partial charge < -0.3 is 9.64 Å². The normalized spacial score (nSPS) is 15.0. The molecule has 0 saturated heterocycles. The van der Waals surface area contributed by atoms with E-state index in [9.17, 15) is 0 Å². The van der Waals surface area contributed by atoms with E-state index in [2.05, 4.69) is 41.4 Å². The van der Waals surface area contributed by atoms with Gasteiger partial charge in [-0.1, -0.05) is 30.3 Å². The van der Waals surface area contributed by atoms with E-state index >= 15 is 0 Å². The molecule has 1 aromatic rings. The van der Waals surface area contributed by atoms with Gasteiger partial charge in [-0.2, -0.15) is 5.10 Å². The average molecular weight is 233 g/mol. The van der Waals surface area contributed by atoms with Gasteiger partial charge in [0.25, 0.3) is 0 Å². The molecule has 1 aliphatic rings. The second-order valence-corrected chi connectivity index (χ2v) is 4.39. The Morgan fingerprint density at radius 1 is 1.29 bits per heavy atom. The molecule has 0 radical (unpaired) electrons. The van der Waals surface area contributed by atoms with Crippen molar-refractivity contribution in [2.75, 3.05) is 13.3 Å². The largest absolute Gasteiger partial charge is 0.369 e. The van der Waals surface area contributed by atoms with Gasteiger partial charge in [0, 0.05) is 6.04 Å². The monoisotopic (exact) mass is 233 g/mol. The Morgan fingerprint density at radius 3 is 2.76 bits per heavy atom. The maximum absolute atomic E-state index is 5.67. The third-order valence-electron chi connectivity index (χ3n) is 2.75. The molecule has 4 nitrogen and oxygen atoms in total. The maximum atomic E-state index is 5.67. The Labute approximate surface area is 102 Å². The van der Waals surface area contributed by atoms with E-state index in [0.717, 1.165) is 12.5 Å². The molecule has 2 rings (SSSR count). The molecule has 0 saturated carbocycles. The molecule has 0 fully saturated rings. The molecule has 92 valence electrons. The Balaban J connectivity index is 1.79. The van der Waals surface area contributed by atoms with Gasteiger partial charge in [-0.3, -0.25) is 5.43 Å². The third-order valence-corrected chi connectivity index (χ3v) is 2.75. The van der Waals surface area contributed by atoms with Crippen molar-refractivity contribution in [3.63, 3.8) is 0 Å². The highest BCUT2D eigenvalue weighted by Gasteiger charge is 2.19. The van der Waals surface area contributed by atoms with Crippen LogP contribution in [0, 0.1) is 0 Å². The van der Waals surface area contributed by atoms with Gasteiger partial charge in [0.2, 0.25) is 0 Å². The minimum Gasteiger partial charge on any atom is -0.369 e. The summed E-state index contributed by atoms with van der Waals surface area (Å²) in [7, 11) is 0. The minimum atomic E-state index is 0.448. The summed E-state index contributed by atoms with van der Waals surface area (Å²) in [4.78, 5) is 2.20. The van der Waals surface area contributed by atoms with E-state index in [1.54, 1.807) is 0 Å². The molecule has 1 aromatic carbocycles. The smallest absolute Gasteiger partial charge is 0.152 e. The quantitative estimate of drug-likeness (QED) is 0.842. The molecule has 0 atom stereocenters. The van der Waals surface area contributed by atoms with Crippen molar-refractivity contribution in [3.05, 3.63) is 35.9 Å². The molecule has 0 aromatic heterocycles. The van der Waals surface area contributed by atoms with Crippen molar-refractivity contribution in [1.29, 1.82) is 0 Å². The lowest BCUT2D eigenvalue weighted by atomic mass is 10.2. The van der Waals surface area contributed by atoms with Gasteiger partial charge in [-0.15, -0.1) is 0 Å². The van der Waals surface area contributed by atoms with Crippen LogP contribution in [0.4, 0.5) is 0 Å². The van der Waals surface area contributed by atoms with E-state index < -0.39 is 0 Å². The first-order valence-corrected chi connectivity index (χ1v) is 5.95. The Hall–Kier alpha value is -1.55. The van der Waals surface area contributed by atoms with Crippen molar-refractivity contribution < 1.29 is 4.74 Å². The first-order valence-electron chi connectivity index (χ1n) is 5.95. The van der Waals surface area contributed by atoms with Crippen LogP contribution in [0.25, 0.3) is 0 Å². The molecule has 0 bridgehead atoms. The fourth-order valence-electron chi connectivity index (χ4n) is 1.79. The summed E-state index contributed by atoms with van der Waals surface area (Å²) in [5, 5.41) is 4.24. The zero-order valence-electron chi connectivity index (χ0n) is 10.4. The van der Waals surface area contributed by atoms with Crippen LogP contribution in [0.1, 0.15) is 19.4 Å². The van der Waals surface area contributed by atoms with E-state index in [4.69, 9.17) is 4.74 Å². The first-order chi connectivity index (χ1) is 8.27. The summed E-state index contributed by atoms with van der Waals surface area (Å²) in [6, 6.07) is 10.6. The number of amidine groups is 1. The number of rotatable bonds is 5. The number of benzene rings is 1. The van der Waals surface area contributed by atoms with Crippen molar-refractivity contribution in [1.82, 2.24) is 10.3 Å². The number of hydrazone groups is 1. The van der Waals surface area contributed by atoms with Crippen molar-refractivity contribution >= 4 is 5.84 Å². The van der Waals surface area contributed by atoms with Crippen LogP contribution in [0.15, 0.2) is 35.4 Å². The Bertz CT molecular complexity index is 376. The fourth-order valence-corrected chi connectivity index (χ4v) is 1.79. The van der Waals surface area contributed by atoms with Crippen LogP contribution in [0.5, 0.6) is 0 Å². The minimum absolute atomic E-state index is 0.448. The summed E-state index contributed by atoms with van der Waals surface area (Å²) >= 11 is 0. The summed E-state index contributed by atoms with van der Waals surface area (Å²) < 4.78 is 5.67. The highest BCUT2D eigenvalue weighted by Crippen LogP contribution is 2.06. The number of nitrogens with zero attached hydrogens (tertiary/aromatic N) is 2. The van der Waals surface area contributed by atoms with E-state index in [-0.39, 0.29) is 0 Å². The van der Waals surface area contributed by atoms with Gasteiger partial charge in [-0.25, -0.2) is 0 Å². The predicted molar refractivity (Wildman–Crippen MR) is 68.5 cm³/mol. The fraction of sp³-hybridized carbons (Fsp3) is 0.462. The molecule has 4 heteroatoms. The van der Waals surface area contributed by atoms with Gasteiger partial charge in [0.1, 0.15) is 13.3 Å². The lowest BCUT2D eigenvalue weighted by Gasteiger charge is -2.23. The first kappa shape index (κ1) is 11.9. The molecular formula is C13H19N3O. The van der Waals surface area contributed by atoms with Crippen molar-refractivity contribution in [3.8, 4) is 0 Å². The van der Waals surface area contributed by atoms with Gasteiger partial charge in [0.15, 0.2) is 5.84 Å². The van der Waals surface area contributed by atoms with Gasteiger partial charge in [-0.05, 0) is 19.4 Å². The second-order valence-electron chi connectivity index (χ2n) is 4.39. The zero-order chi connectivity index (χ0) is 12.1. The van der Waals surface area contributed by atoms with Crippen LogP contribution in [-0.4, -0.2) is 30.1 Å².